The quantitative estimate of drug-likeness (QED) is 0.390. The van der Waals surface area contributed by atoms with E-state index in [2.05, 4.69) is 39.2 Å². The Balaban J connectivity index is 1.22. The van der Waals surface area contributed by atoms with Crippen LogP contribution in [-0.2, 0) is 27.7 Å². The van der Waals surface area contributed by atoms with E-state index in [0.29, 0.717) is 26.1 Å². The lowest BCUT2D eigenvalue weighted by Crippen LogP contribution is -2.53. The number of para-hydroxylation sites is 2. The lowest BCUT2D eigenvalue weighted by molar-refractivity contribution is -0.136. The zero-order valence-corrected chi connectivity index (χ0v) is 23.9. The summed E-state index contributed by atoms with van der Waals surface area (Å²) in [6.07, 6.45) is 1.48. The highest BCUT2D eigenvalue weighted by atomic mass is 32.2. The summed E-state index contributed by atoms with van der Waals surface area (Å²) in [6.45, 7) is 3.36. The van der Waals surface area contributed by atoms with E-state index in [1.807, 2.05) is 31.2 Å². The Labute approximate surface area is 237 Å². The molecule has 40 heavy (non-hydrogen) atoms. The van der Waals surface area contributed by atoms with Crippen molar-refractivity contribution in [1.29, 1.82) is 0 Å². The molecule has 2 heterocycles. The van der Waals surface area contributed by atoms with Crippen molar-refractivity contribution in [2.24, 2.45) is 5.92 Å². The lowest BCUT2D eigenvalue weighted by atomic mass is 9.95. The summed E-state index contributed by atoms with van der Waals surface area (Å²) in [5.41, 5.74) is 5.63. The van der Waals surface area contributed by atoms with Gasteiger partial charge in [0.2, 0.25) is 15.9 Å². The number of nitrogens with one attached hydrogen (secondary N) is 2. The first-order valence-corrected chi connectivity index (χ1v) is 15.4. The Morgan fingerprint density at radius 1 is 1.00 bits per heavy atom. The summed E-state index contributed by atoms with van der Waals surface area (Å²) in [7, 11) is -1.99. The van der Waals surface area contributed by atoms with E-state index in [-0.39, 0.29) is 17.3 Å². The molecule has 2 aliphatic heterocycles. The topological polar surface area (TPSA) is 102 Å². The number of piperidine rings is 1. The molecule has 0 radical (unpaired) electrons. The summed E-state index contributed by atoms with van der Waals surface area (Å²) < 4.78 is 28.5. The van der Waals surface area contributed by atoms with Crippen LogP contribution in [0.4, 0.5) is 11.4 Å². The van der Waals surface area contributed by atoms with E-state index in [9.17, 15) is 18.3 Å². The Bertz CT molecular complexity index is 1400. The summed E-state index contributed by atoms with van der Waals surface area (Å²) in [6, 6.07) is 22.9. The molecule has 1 fully saturated rings. The number of benzene rings is 3. The summed E-state index contributed by atoms with van der Waals surface area (Å²) in [4.78, 5) is 17.3. The average molecular weight is 563 g/mol. The van der Waals surface area contributed by atoms with Crippen LogP contribution >= 0.6 is 0 Å². The molecule has 0 aromatic heterocycles. The smallest absolute Gasteiger partial charge is 0.240 e. The number of likely N-dealkylation sites (N-methyl/N-ethyl adjacent to an activating group) is 1. The van der Waals surface area contributed by atoms with Crippen molar-refractivity contribution in [2.75, 3.05) is 38.1 Å². The number of amides is 1. The van der Waals surface area contributed by atoms with Crippen molar-refractivity contribution in [3.8, 4) is 0 Å². The van der Waals surface area contributed by atoms with Crippen molar-refractivity contribution < 1.29 is 18.3 Å². The molecule has 2 aliphatic rings. The first-order chi connectivity index (χ1) is 19.2. The van der Waals surface area contributed by atoms with Crippen molar-refractivity contribution in [3.63, 3.8) is 0 Å². The number of aryl methyl sites for hydroxylation is 3. The molecule has 3 atom stereocenters. The van der Waals surface area contributed by atoms with Gasteiger partial charge in [0.25, 0.3) is 0 Å². The number of nitrogens with zero attached hydrogens (tertiary/aromatic N) is 2. The fourth-order valence-corrected chi connectivity index (χ4v) is 7.03. The summed E-state index contributed by atoms with van der Waals surface area (Å²) in [5.74, 6) is -0.501. The second-order valence-corrected chi connectivity index (χ2v) is 12.7. The van der Waals surface area contributed by atoms with E-state index < -0.39 is 28.1 Å². The third kappa shape index (κ3) is 6.39. The molecule has 8 nitrogen and oxygen atoms in total. The Kier molecular flexibility index (Phi) is 8.56. The lowest BCUT2D eigenvalue weighted by Gasteiger charge is -2.34. The van der Waals surface area contributed by atoms with Gasteiger partial charge in [-0.25, -0.2) is 13.1 Å². The van der Waals surface area contributed by atoms with Gasteiger partial charge in [-0.3, -0.25) is 4.79 Å². The molecule has 3 aromatic rings. The zero-order chi connectivity index (χ0) is 28.3. The normalized spacial score (nSPS) is 19.7. The van der Waals surface area contributed by atoms with E-state index in [4.69, 9.17) is 0 Å². The summed E-state index contributed by atoms with van der Waals surface area (Å²) >= 11 is 0. The molecule has 3 aromatic carbocycles. The van der Waals surface area contributed by atoms with Gasteiger partial charge in [-0.15, -0.1) is 0 Å². The highest BCUT2D eigenvalue weighted by molar-refractivity contribution is 7.89. The number of hydrogen-bond acceptors (Lipinski definition) is 6. The van der Waals surface area contributed by atoms with Gasteiger partial charge >= 0.3 is 0 Å². The molecule has 0 aliphatic carbocycles. The van der Waals surface area contributed by atoms with Crippen LogP contribution in [0.2, 0.25) is 0 Å². The van der Waals surface area contributed by atoms with Crippen LogP contribution in [0.5, 0.6) is 0 Å². The van der Waals surface area contributed by atoms with Crippen molar-refractivity contribution in [2.45, 2.75) is 43.2 Å². The molecule has 0 saturated carbocycles. The number of anilines is 2. The van der Waals surface area contributed by atoms with Gasteiger partial charge in [0.15, 0.2) is 0 Å². The molecule has 1 amide bonds. The third-order valence-electron chi connectivity index (χ3n) is 7.84. The fraction of sp³-hybridized carbons (Fsp3) is 0.387. The Hall–Kier alpha value is -3.24. The zero-order valence-electron chi connectivity index (χ0n) is 23.1. The predicted molar refractivity (Wildman–Crippen MR) is 157 cm³/mol. The third-order valence-corrected chi connectivity index (χ3v) is 9.37. The summed E-state index contributed by atoms with van der Waals surface area (Å²) in [5, 5.41) is 14.4. The molecule has 0 bridgehead atoms. The van der Waals surface area contributed by atoms with Crippen LogP contribution in [0.15, 0.2) is 77.7 Å². The van der Waals surface area contributed by atoms with Crippen LogP contribution in [0.25, 0.3) is 0 Å². The van der Waals surface area contributed by atoms with E-state index >= 15 is 0 Å². The van der Waals surface area contributed by atoms with Crippen molar-refractivity contribution >= 4 is 27.3 Å². The Morgan fingerprint density at radius 3 is 2.23 bits per heavy atom. The molecule has 9 heteroatoms. The number of sulfonamides is 1. The number of β-amino-alcohol motifs (C(OH)–C–C–N with tert-alkyl or cyclic N) is 1. The van der Waals surface area contributed by atoms with Crippen molar-refractivity contribution in [3.05, 3.63) is 89.5 Å². The number of carbonyl (C=O) groups excluding carboxylic acids is 1. The molecule has 1 unspecified atom stereocenters. The maximum atomic E-state index is 13.4. The van der Waals surface area contributed by atoms with Gasteiger partial charge in [-0.1, -0.05) is 54.1 Å². The molecule has 0 spiro atoms. The first kappa shape index (κ1) is 28.3. The number of aliphatic hydroxyl groups is 1. The Morgan fingerprint density at radius 2 is 1.60 bits per heavy atom. The van der Waals surface area contributed by atoms with Gasteiger partial charge in [0.1, 0.15) is 0 Å². The first-order valence-electron chi connectivity index (χ1n) is 13.9. The van der Waals surface area contributed by atoms with Crippen LogP contribution in [0, 0.1) is 12.8 Å². The molecule has 1 saturated heterocycles. The number of aliphatic hydroxyl groups excluding tert-OH is 1. The van der Waals surface area contributed by atoms with Crippen LogP contribution in [0.3, 0.4) is 0 Å². The monoisotopic (exact) mass is 562 g/mol. The minimum Gasteiger partial charge on any atom is -0.389 e. The minimum atomic E-state index is -3.69. The largest absolute Gasteiger partial charge is 0.389 e. The molecular formula is C31H38N4O4S. The molecule has 3 N–H and O–H groups in total. The van der Waals surface area contributed by atoms with Gasteiger partial charge in [-0.2, -0.15) is 0 Å². The SMILES string of the molecule is Cc1ccc(S(=O)(=O)N[C@H]2CNC[C@@H](C(=O)N(C)CC(O)CN3c4ccccc4CCc4ccccc43)C2)cc1. The molecular weight excluding hydrogens is 524 g/mol. The molecule has 212 valence electrons. The van der Waals surface area contributed by atoms with Gasteiger partial charge in [0.05, 0.1) is 23.5 Å². The maximum Gasteiger partial charge on any atom is 0.240 e. The van der Waals surface area contributed by atoms with Gasteiger partial charge in [-0.05, 0) is 61.6 Å². The minimum absolute atomic E-state index is 0.109. The maximum absolute atomic E-state index is 13.4. The molecule has 5 rings (SSSR count). The number of carbonyl (C=O) groups is 1. The fourth-order valence-electron chi connectivity index (χ4n) is 5.78. The van der Waals surface area contributed by atoms with Crippen molar-refractivity contribution in [1.82, 2.24) is 14.9 Å². The number of hydrogen-bond donors (Lipinski definition) is 3. The second-order valence-electron chi connectivity index (χ2n) is 11.0. The van der Waals surface area contributed by atoms with Crippen LogP contribution < -0.4 is 14.9 Å². The van der Waals surface area contributed by atoms with Gasteiger partial charge < -0.3 is 20.2 Å². The predicted octanol–water partition coefficient (Wildman–Crippen LogP) is 3.01. The highest BCUT2D eigenvalue weighted by Crippen LogP contribution is 2.36. The second kappa shape index (κ2) is 12.1. The number of rotatable bonds is 8. The van der Waals surface area contributed by atoms with E-state index in [1.165, 1.54) is 11.1 Å². The van der Waals surface area contributed by atoms with E-state index in [1.54, 1.807) is 36.2 Å². The average Bonchev–Trinajstić information content (AvgIpc) is 3.10. The van der Waals surface area contributed by atoms with Crippen LogP contribution in [-0.4, -0.2) is 69.7 Å². The highest BCUT2D eigenvalue weighted by Gasteiger charge is 2.32. The van der Waals surface area contributed by atoms with E-state index in [0.717, 1.165) is 29.8 Å². The van der Waals surface area contributed by atoms with Crippen LogP contribution in [0.1, 0.15) is 23.1 Å². The standard InChI is InChI=1S/C31H38N4O4S/c1-22-11-15-28(16-12-22)40(38,39)33-26-17-25(18-32-19-26)31(37)34(2)20-27(36)21-35-29-9-5-3-7-23(29)13-14-24-8-4-6-10-30(24)35/h3-12,15-16,25-27,32-33,36H,13-14,17-21H2,1-2H3/t25-,26+,27?/m0/s1. The van der Waals surface area contributed by atoms with Gasteiger partial charge in [0, 0.05) is 44.1 Å². The number of fused-ring (bicyclic) bond motifs is 2.